The first-order valence-corrected chi connectivity index (χ1v) is 13.0. The molecule has 180 valence electrons. The molecule has 0 aliphatic carbocycles. The largest absolute Gasteiger partial charge is 0.341 e. The van der Waals surface area contributed by atoms with Crippen molar-refractivity contribution in [1.29, 1.82) is 0 Å². The third kappa shape index (κ3) is 5.29. The first kappa shape index (κ1) is 23.7. The minimum absolute atomic E-state index is 0.0686. The van der Waals surface area contributed by atoms with Crippen LogP contribution in [0.1, 0.15) is 12.5 Å². The first-order chi connectivity index (χ1) is 17.6. The third-order valence-electron chi connectivity index (χ3n) is 6.07. The number of carbonyl (C=O) groups is 2. The minimum Gasteiger partial charge on any atom is -0.341 e. The Morgan fingerprint density at radius 2 is 1.44 bits per heavy atom. The summed E-state index contributed by atoms with van der Waals surface area (Å²) in [7, 11) is 0. The van der Waals surface area contributed by atoms with Crippen molar-refractivity contribution in [1.82, 2.24) is 4.57 Å². The number of carbonyl (C=O) groups excluding carboxylic acids is 2. The molecule has 0 bridgehead atoms. The van der Waals surface area contributed by atoms with Crippen molar-refractivity contribution >= 4 is 56.8 Å². The number of aromatic nitrogens is 1. The summed E-state index contributed by atoms with van der Waals surface area (Å²) < 4.78 is 2.29. The molecule has 0 aliphatic rings. The van der Waals surface area contributed by atoms with Crippen LogP contribution in [0.3, 0.4) is 0 Å². The number of nitrogens with one attached hydrogen (secondary N) is 2. The Kier molecular flexibility index (Phi) is 7.05. The molecule has 4 aromatic carbocycles. The van der Waals surface area contributed by atoms with Crippen LogP contribution in [0, 0.1) is 0 Å². The Morgan fingerprint density at radius 3 is 2.28 bits per heavy atom. The summed E-state index contributed by atoms with van der Waals surface area (Å²) >= 11 is 1.44. The van der Waals surface area contributed by atoms with E-state index in [2.05, 4.69) is 52.5 Å². The van der Waals surface area contributed by atoms with Gasteiger partial charge < -0.3 is 15.2 Å². The van der Waals surface area contributed by atoms with Gasteiger partial charge in [-0.1, -0.05) is 54.6 Å². The fourth-order valence-electron chi connectivity index (χ4n) is 4.47. The summed E-state index contributed by atoms with van der Waals surface area (Å²) in [6, 6.07) is 31.7. The molecule has 0 saturated carbocycles. The van der Waals surface area contributed by atoms with Crippen molar-refractivity contribution < 1.29 is 9.59 Å². The second-order valence-corrected chi connectivity index (χ2v) is 9.62. The van der Waals surface area contributed by atoms with E-state index in [0.29, 0.717) is 6.42 Å². The second-order valence-electron chi connectivity index (χ2n) is 8.57. The molecule has 5 nitrogen and oxygen atoms in total. The van der Waals surface area contributed by atoms with Gasteiger partial charge in [0.25, 0.3) is 0 Å². The Bertz CT molecular complexity index is 1540. The molecule has 5 aromatic rings. The molecule has 36 heavy (non-hydrogen) atoms. The van der Waals surface area contributed by atoms with E-state index < -0.39 is 0 Å². The zero-order valence-corrected chi connectivity index (χ0v) is 20.8. The minimum atomic E-state index is -0.0721. The van der Waals surface area contributed by atoms with Crippen molar-refractivity contribution in [3.8, 4) is 0 Å². The monoisotopic (exact) mass is 493 g/mol. The van der Waals surface area contributed by atoms with E-state index in [1.165, 1.54) is 22.7 Å². The molecule has 0 atom stereocenters. The lowest BCUT2D eigenvalue weighted by atomic mass is 10.1. The molecule has 0 aliphatic heterocycles. The highest BCUT2D eigenvalue weighted by molar-refractivity contribution is 8.00. The number of fused-ring (bicyclic) bond motifs is 3. The SMILES string of the molecule is CCn1c2ccccc2c2cc(NC(=O)CSc3cccc(NC(=O)Cc4ccccc4)c3)ccc21. The number of hydrogen-bond donors (Lipinski definition) is 2. The van der Waals surface area contributed by atoms with Gasteiger partial charge in [0.15, 0.2) is 0 Å². The van der Waals surface area contributed by atoms with Gasteiger partial charge in [0.1, 0.15) is 0 Å². The number of anilines is 2. The Labute approximate surface area is 214 Å². The van der Waals surface area contributed by atoms with Crippen LogP contribution in [0.5, 0.6) is 0 Å². The maximum Gasteiger partial charge on any atom is 0.234 e. The van der Waals surface area contributed by atoms with Gasteiger partial charge in [-0.3, -0.25) is 9.59 Å². The standard InChI is InChI=1S/C30H27N3O2S/c1-2-33-27-14-7-6-13-25(27)26-19-23(15-16-28(26)33)32-30(35)20-36-24-12-8-11-22(18-24)31-29(34)17-21-9-4-3-5-10-21/h3-16,18-19H,2,17,20H2,1H3,(H,31,34)(H,32,35). The van der Waals surface area contributed by atoms with Gasteiger partial charge >= 0.3 is 0 Å². The summed E-state index contributed by atoms with van der Waals surface area (Å²) in [5.74, 6) is 0.133. The van der Waals surface area contributed by atoms with E-state index >= 15 is 0 Å². The number of hydrogen-bond acceptors (Lipinski definition) is 3. The van der Waals surface area contributed by atoms with Gasteiger partial charge in [-0.05, 0) is 55.0 Å². The number of amides is 2. The number of benzene rings is 4. The topological polar surface area (TPSA) is 63.1 Å². The quantitative estimate of drug-likeness (QED) is 0.236. The molecule has 0 saturated heterocycles. The van der Waals surface area contributed by atoms with E-state index in [4.69, 9.17) is 0 Å². The second kappa shape index (κ2) is 10.7. The highest BCUT2D eigenvalue weighted by Gasteiger charge is 2.11. The molecular weight excluding hydrogens is 466 g/mol. The fourth-order valence-corrected chi connectivity index (χ4v) is 5.22. The average molecular weight is 494 g/mol. The van der Waals surface area contributed by atoms with E-state index in [0.717, 1.165) is 39.3 Å². The van der Waals surface area contributed by atoms with E-state index in [1.807, 2.05) is 66.7 Å². The predicted molar refractivity (Wildman–Crippen MR) is 150 cm³/mol. The van der Waals surface area contributed by atoms with Crippen LogP contribution in [-0.4, -0.2) is 22.1 Å². The highest BCUT2D eigenvalue weighted by Crippen LogP contribution is 2.31. The van der Waals surface area contributed by atoms with Crippen LogP contribution in [0.2, 0.25) is 0 Å². The molecule has 6 heteroatoms. The lowest BCUT2D eigenvalue weighted by Gasteiger charge is -2.09. The van der Waals surface area contributed by atoms with Crippen LogP contribution in [0.25, 0.3) is 21.8 Å². The number of aryl methyl sites for hydroxylation is 1. The van der Waals surface area contributed by atoms with Crippen molar-refractivity contribution in [2.45, 2.75) is 24.8 Å². The van der Waals surface area contributed by atoms with Gasteiger partial charge in [-0.2, -0.15) is 0 Å². The Morgan fingerprint density at radius 1 is 0.722 bits per heavy atom. The van der Waals surface area contributed by atoms with Crippen LogP contribution < -0.4 is 10.6 Å². The number of para-hydroxylation sites is 1. The summed E-state index contributed by atoms with van der Waals surface area (Å²) in [4.78, 5) is 26.0. The predicted octanol–water partition coefficient (Wildman–Crippen LogP) is 6.73. The molecular formula is C30H27N3O2S. The van der Waals surface area contributed by atoms with Crippen LogP contribution in [-0.2, 0) is 22.6 Å². The number of rotatable bonds is 8. The van der Waals surface area contributed by atoms with Crippen molar-refractivity contribution in [3.05, 3.63) is 103 Å². The van der Waals surface area contributed by atoms with Crippen molar-refractivity contribution in [2.24, 2.45) is 0 Å². The summed E-state index contributed by atoms with van der Waals surface area (Å²) in [6.45, 7) is 3.03. The molecule has 2 amide bonds. The van der Waals surface area contributed by atoms with Gasteiger partial charge in [0.05, 0.1) is 12.2 Å². The van der Waals surface area contributed by atoms with Crippen LogP contribution in [0.15, 0.2) is 102 Å². The molecule has 0 fully saturated rings. The number of nitrogens with zero attached hydrogens (tertiary/aromatic N) is 1. The Balaban J connectivity index is 1.21. The molecule has 0 spiro atoms. The van der Waals surface area contributed by atoms with E-state index in [9.17, 15) is 9.59 Å². The maximum absolute atomic E-state index is 12.7. The lowest BCUT2D eigenvalue weighted by Crippen LogP contribution is -2.15. The molecule has 1 aromatic heterocycles. The zero-order valence-electron chi connectivity index (χ0n) is 20.0. The van der Waals surface area contributed by atoms with Gasteiger partial charge in [0.2, 0.25) is 11.8 Å². The summed E-state index contributed by atoms with van der Waals surface area (Å²) in [5.41, 5.74) is 4.84. The summed E-state index contributed by atoms with van der Waals surface area (Å²) in [6.07, 6.45) is 0.321. The zero-order chi connectivity index (χ0) is 24.9. The maximum atomic E-state index is 12.7. The fraction of sp³-hybridized carbons (Fsp3) is 0.133. The van der Waals surface area contributed by atoms with Gasteiger partial charge in [0, 0.05) is 44.6 Å². The average Bonchev–Trinajstić information content (AvgIpc) is 3.21. The smallest absolute Gasteiger partial charge is 0.234 e. The molecule has 0 unspecified atom stereocenters. The molecule has 5 rings (SSSR count). The highest BCUT2D eigenvalue weighted by atomic mass is 32.2. The van der Waals surface area contributed by atoms with Gasteiger partial charge in [-0.25, -0.2) is 0 Å². The van der Waals surface area contributed by atoms with Crippen LogP contribution >= 0.6 is 11.8 Å². The third-order valence-corrected chi connectivity index (χ3v) is 7.06. The summed E-state index contributed by atoms with van der Waals surface area (Å²) in [5, 5.41) is 8.30. The van der Waals surface area contributed by atoms with Crippen molar-refractivity contribution in [2.75, 3.05) is 16.4 Å². The van der Waals surface area contributed by atoms with E-state index in [-0.39, 0.29) is 17.6 Å². The van der Waals surface area contributed by atoms with Gasteiger partial charge in [-0.15, -0.1) is 11.8 Å². The van der Waals surface area contributed by atoms with Crippen LogP contribution in [0.4, 0.5) is 11.4 Å². The first-order valence-electron chi connectivity index (χ1n) is 12.0. The number of thioether (sulfide) groups is 1. The normalized spacial score (nSPS) is 11.0. The molecule has 0 radical (unpaired) electrons. The van der Waals surface area contributed by atoms with E-state index in [1.54, 1.807) is 0 Å². The lowest BCUT2D eigenvalue weighted by molar-refractivity contribution is -0.115. The Hall–Kier alpha value is -4.03. The molecule has 1 heterocycles. The molecule has 2 N–H and O–H groups in total. The van der Waals surface area contributed by atoms with Crippen molar-refractivity contribution in [3.63, 3.8) is 0 Å².